The van der Waals surface area contributed by atoms with Crippen molar-refractivity contribution in [1.82, 2.24) is 24.5 Å². The van der Waals surface area contributed by atoms with Gasteiger partial charge in [-0.15, -0.1) is 0 Å². The summed E-state index contributed by atoms with van der Waals surface area (Å²) in [7, 11) is 1.71. The Morgan fingerprint density at radius 1 is 1.15 bits per heavy atom. The molecule has 4 heterocycles. The molecule has 170 valence electrons. The molecule has 0 bridgehead atoms. The maximum atomic E-state index is 5.39. The smallest absolute Gasteiger partial charge is 0.171 e. The van der Waals surface area contributed by atoms with Crippen molar-refractivity contribution in [1.29, 1.82) is 0 Å². The average Bonchev–Trinajstić information content (AvgIpc) is 3.24. The standard InChI is InChI=1S/C25H27BrN6O/c1-33-21-8-2-5-18(11-21)16-31-10-4-7-20(17-31)23-12-24(28-14-19-6-3-9-27-13-19)32-25(30-23)22(26)15-29-32/h2-3,5-6,8-9,11-13,15,20,28H,4,7,10,14,16-17H2,1H3. The van der Waals surface area contributed by atoms with Crippen LogP contribution in [0.3, 0.4) is 0 Å². The number of ether oxygens (including phenoxy) is 1. The Morgan fingerprint density at radius 3 is 2.91 bits per heavy atom. The van der Waals surface area contributed by atoms with E-state index in [1.807, 2.05) is 22.8 Å². The van der Waals surface area contributed by atoms with Gasteiger partial charge in [-0.2, -0.15) is 9.61 Å². The molecule has 1 N–H and O–H groups in total. The van der Waals surface area contributed by atoms with Gasteiger partial charge in [0.1, 0.15) is 11.6 Å². The van der Waals surface area contributed by atoms with E-state index in [4.69, 9.17) is 9.72 Å². The van der Waals surface area contributed by atoms with Crippen molar-refractivity contribution in [3.8, 4) is 5.75 Å². The third-order valence-corrected chi connectivity index (χ3v) is 6.67. The molecule has 3 aromatic heterocycles. The maximum absolute atomic E-state index is 5.39. The quantitative estimate of drug-likeness (QED) is 0.385. The molecule has 0 aliphatic carbocycles. The number of likely N-dealkylation sites (tertiary alicyclic amines) is 1. The van der Waals surface area contributed by atoms with Gasteiger partial charge in [-0.25, -0.2) is 4.98 Å². The van der Waals surface area contributed by atoms with Gasteiger partial charge in [0.05, 0.1) is 23.5 Å². The summed E-state index contributed by atoms with van der Waals surface area (Å²) in [6, 6.07) is 14.5. The normalized spacial score (nSPS) is 16.7. The molecule has 1 aliphatic heterocycles. The van der Waals surface area contributed by atoms with Gasteiger partial charge < -0.3 is 10.1 Å². The molecule has 1 unspecified atom stereocenters. The first-order valence-corrected chi connectivity index (χ1v) is 12.0. The Kier molecular flexibility index (Phi) is 6.55. The third kappa shape index (κ3) is 5.02. The highest BCUT2D eigenvalue weighted by Crippen LogP contribution is 2.30. The number of hydrogen-bond donors (Lipinski definition) is 1. The van der Waals surface area contributed by atoms with Crippen LogP contribution in [0.1, 0.15) is 35.6 Å². The number of methoxy groups -OCH3 is 1. The van der Waals surface area contributed by atoms with Crippen LogP contribution in [0.2, 0.25) is 0 Å². The van der Waals surface area contributed by atoms with Crippen molar-refractivity contribution in [2.45, 2.75) is 31.8 Å². The summed E-state index contributed by atoms with van der Waals surface area (Å²) < 4.78 is 8.16. The molecule has 33 heavy (non-hydrogen) atoms. The molecule has 8 heteroatoms. The lowest BCUT2D eigenvalue weighted by atomic mass is 9.94. The van der Waals surface area contributed by atoms with Crippen LogP contribution in [-0.2, 0) is 13.1 Å². The van der Waals surface area contributed by atoms with Crippen LogP contribution in [0.15, 0.2) is 65.5 Å². The zero-order valence-electron chi connectivity index (χ0n) is 18.6. The highest BCUT2D eigenvalue weighted by atomic mass is 79.9. The van der Waals surface area contributed by atoms with Crippen molar-refractivity contribution >= 4 is 27.4 Å². The van der Waals surface area contributed by atoms with Gasteiger partial charge in [0.15, 0.2) is 5.65 Å². The van der Waals surface area contributed by atoms with E-state index in [2.05, 4.69) is 66.6 Å². The van der Waals surface area contributed by atoms with E-state index in [0.29, 0.717) is 12.5 Å². The molecule has 1 aromatic carbocycles. The number of halogens is 1. The van der Waals surface area contributed by atoms with E-state index in [0.717, 1.165) is 65.4 Å². The zero-order valence-corrected chi connectivity index (χ0v) is 20.2. The third-order valence-electron chi connectivity index (χ3n) is 6.11. The summed E-state index contributed by atoms with van der Waals surface area (Å²) in [5.41, 5.74) is 4.34. The molecule has 1 saturated heterocycles. The number of benzene rings is 1. The second-order valence-corrected chi connectivity index (χ2v) is 9.29. The van der Waals surface area contributed by atoms with E-state index in [9.17, 15) is 0 Å². The number of pyridine rings is 1. The largest absolute Gasteiger partial charge is 0.497 e. The van der Waals surface area contributed by atoms with Crippen LogP contribution in [0.4, 0.5) is 5.82 Å². The fourth-order valence-electron chi connectivity index (χ4n) is 4.45. The molecule has 7 nitrogen and oxygen atoms in total. The van der Waals surface area contributed by atoms with Crippen molar-refractivity contribution in [2.24, 2.45) is 0 Å². The number of rotatable bonds is 7. The highest BCUT2D eigenvalue weighted by Gasteiger charge is 2.24. The predicted octanol–water partition coefficient (Wildman–Crippen LogP) is 4.89. The Bertz CT molecular complexity index is 1230. The number of hydrogen-bond acceptors (Lipinski definition) is 6. The van der Waals surface area contributed by atoms with Gasteiger partial charge >= 0.3 is 0 Å². The lowest BCUT2D eigenvalue weighted by Gasteiger charge is -2.32. The topological polar surface area (TPSA) is 67.6 Å². The SMILES string of the molecule is COc1cccc(CN2CCCC(c3cc(NCc4cccnc4)n4ncc(Br)c4n3)C2)c1. The van der Waals surface area contributed by atoms with Crippen LogP contribution in [0, 0.1) is 0 Å². The first-order chi connectivity index (χ1) is 16.2. The minimum absolute atomic E-state index is 0.370. The summed E-state index contributed by atoms with van der Waals surface area (Å²) in [6.45, 7) is 3.67. The summed E-state index contributed by atoms with van der Waals surface area (Å²) >= 11 is 3.62. The zero-order chi connectivity index (χ0) is 22.6. The van der Waals surface area contributed by atoms with Crippen molar-refractivity contribution in [3.05, 3.63) is 82.3 Å². The van der Waals surface area contributed by atoms with Crippen LogP contribution in [-0.4, -0.2) is 44.7 Å². The van der Waals surface area contributed by atoms with Gasteiger partial charge in [-0.1, -0.05) is 18.2 Å². The summed E-state index contributed by atoms with van der Waals surface area (Å²) in [6.07, 6.45) is 7.75. The van der Waals surface area contributed by atoms with Crippen molar-refractivity contribution in [3.63, 3.8) is 0 Å². The number of piperidine rings is 1. The van der Waals surface area contributed by atoms with Crippen molar-refractivity contribution in [2.75, 3.05) is 25.5 Å². The minimum atomic E-state index is 0.370. The second-order valence-electron chi connectivity index (χ2n) is 8.43. The van der Waals surface area contributed by atoms with Gasteiger partial charge in [-0.3, -0.25) is 9.88 Å². The summed E-state index contributed by atoms with van der Waals surface area (Å²) in [5.74, 6) is 2.22. The van der Waals surface area contributed by atoms with Crippen LogP contribution >= 0.6 is 15.9 Å². The predicted molar refractivity (Wildman–Crippen MR) is 132 cm³/mol. The molecule has 1 fully saturated rings. The van der Waals surface area contributed by atoms with Gasteiger partial charge in [0.25, 0.3) is 0 Å². The molecule has 1 aliphatic rings. The lowest BCUT2D eigenvalue weighted by Crippen LogP contribution is -2.34. The van der Waals surface area contributed by atoms with Crippen LogP contribution < -0.4 is 10.1 Å². The first-order valence-electron chi connectivity index (χ1n) is 11.2. The molecular weight excluding hydrogens is 480 g/mol. The van der Waals surface area contributed by atoms with E-state index in [1.54, 1.807) is 19.5 Å². The average molecular weight is 507 g/mol. The van der Waals surface area contributed by atoms with Gasteiger partial charge in [0.2, 0.25) is 0 Å². The minimum Gasteiger partial charge on any atom is -0.497 e. The summed E-state index contributed by atoms with van der Waals surface area (Å²) in [4.78, 5) is 11.7. The first kappa shape index (κ1) is 21.9. The van der Waals surface area contributed by atoms with Gasteiger partial charge in [-0.05, 0) is 64.6 Å². The van der Waals surface area contributed by atoms with E-state index < -0.39 is 0 Å². The molecule has 0 amide bonds. The molecule has 5 rings (SSSR count). The van der Waals surface area contributed by atoms with Crippen LogP contribution in [0.5, 0.6) is 5.75 Å². The maximum Gasteiger partial charge on any atom is 0.171 e. The highest BCUT2D eigenvalue weighted by molar-refractivity contribution is 9.10. The lowest BCUT2D eigenvalue weighted by molar-refractivity contribution is 0.198. The van der Waals surface area contributed by atoms with Crippen LogP contribution in [0.25, 0.3) is 5.65 Å². The Hall–Kier alpha value is -2.97. The number of aromatic nitrogens is 4. The molecular formula is C25H27BrN6O. The number of nitrogens with zero attached hydrogens (tertiary/aromatic N) is 5. The molecule has 0 spiro atoms. The van der Waals surface area contributed by atoms with E-state index in [-0.39, 0.29) is 0 Å². The van der Waals surface area contributed by atoms with E-state index in [1.165, 1.54) is 5.56 Å². The number of nitrogens with one attached hydrogen (secondary N) is 1. The molecule has 4 aromatic rings. The fraction of sp³-hybridized carbons (Fsp3) is 0.320. The van der Waals surface area contributed by atoms with Gasteiger partial charge in [0, 0.05) is 44.0 Å². The Labute approximate surface area is 201 Å². The second kappa shape index (κ2) is 9.89. The summed E-state index contributed by atoms with van der Waals surface area (Å²) in [5, 5.41) is 8.04. The number of anilines is 1. The molecule has 0 saturated carbocycles. The Morgan fingerprint density at radius 2 is 2.06 bits per heavy atom. The Balaban J connectivity index is 1.37. The number of fused-ring (bicyclic) bond motifs is 1. The fourth-order valence-corrected chi connectivity index (χ4v) is 4.80. The van der Waals surface area contributed by atoms with E-state index >= 15 is 0 Å². The molecule has 0 radical (unpaired) electrons. The van der Waals surface area contributed by atoms with Crippen molar-refractivity contribution < 1.29 is 4.74 Å². The monoisotopic (exact) mass is 506 g/mol. The molecule has 1 atom stereocenters.